The van der Waals surface area contributed by atoms with Gasteiger partial charge >= 0.3 is 5.97 Å². The Morgan fingerprint density at radius 3 is 2.43 bits per heavy atom. The molecule has 0 saturated heterocycles. The largest absolute Gasteiger partial charge is 0.459 e. The topological polar surface area (TPSA) is 77.4 Å². The van der Waals surface area contributed by atoms with Crippen molar-refractivity contribution in [1.29, 1.82) is 0 Å². The molecule has 0 bridgehead atoms. The fraction of sp³-hybridized carbons (Fsp3) is 0.348. The van der Waals surface area contributed by atoms with Crippen LogP contribution in [0, 0.1) is 6.92 Å². The van der Waals surface area contributed by atoms with Gasteiger partial charge in [0.25, 0.3) is 0 Å². The zero-order valence-corrected chi connectivity index (χ0v) is 18.6. The number of aromatic nitrogens is 1. The molecule has 6 nitrogen and oxygen atoms in total. The van der Waals surface area contributed by atoms with Gasteiger partial charge in [-0.1, -0.05) is 36.4 Å². The second-order valence-corrected chi connectivity index (χ2v) is 10.5. The van der Waals surface area contributed by atoms with E-state index >= 15 is 0 Å². The van der Waals surface area contributed by atoms with Crippen LogP contribution < -0.4 is 4.72 Å². The fourth-order valence-corrected chi connectivity index (χ4v) is 6.13. The average molecular weight is 427 g/mol. The molecule has 7 heteroatoms. The maximum absolute atomic E-state index is 12.8. The second kappa shape index (κ2) is 6.68. The lowest BCUT2D eigenvalue weighted by molar-refractivity contribution is -0.155. The van der Waals surface area contributed by atoms with Gasteiger partial charge in [0.15, 0.2) is 0 Å². The number of rotatable bonds is 3. The first-order valence-corrected chi connectivity index (χ1v) is 11.4. The first kappa shape index (κ1) is 20.6. The molecule has 3 aromatic rings. The number of nitrogens with one attached hydrogen (secondary N) is 1. The molecular formula is C23H26N2O4S. The molecule has 1 aromatic heterocycles. The van der Waals surface area contributed by atoms with Crippen LogP contribution in [0.4, 0.5) is 0 Å². The molecule has 1 aliphatic heterocycles. The van der Waals surface area contributed by atoms with E-state index in [0.717, 1.165) is 22.2 Å². The Balaban J connectivity index is 1.92. The zero-order chi connectivity index (χ0) is 21.9. The minimum absolute atomic E-state index is 0.0497. The van der Waals surface area contributed by atoms with E-state index < -0.39 is 21.2 Å². The van der Waals surface area contributed by atoms with Gasteiger partial charge in [-0.25, -0.2) is 8.42 Å². The smallest absolute Gasteiger partial charge is 0.326 e. The molecule has 2 aromatic carbocycles. The summed E-state index contributed by atoms with van der Waals surface area (Å²) in [6.07, 6.45) is 0. The lowest BCUT2D eigenvalue weighted by Gasteiger charge is -2.26. The predicted octanol–water partition coefficient (Wildman–Crippen LogP) is 3.85. The van der Waals surface area contributed by atoms with Gasteiger partial charge in [-0.2, -0.15) is 4.72 Å². The van der Waals surface area contributed by atoms with Crippen LogP contribution in [0.25, 0.3) is 10.9 Å². The highest BCUT2D eigenvalue weighted by molar-refractivity contribution is 7.89. The number of benzene rings is 2. The number of fused-ring (bicyclic) bond motifs is 2. The van der Waals surface area contributed by atoms with Gasteiger partial charge in [0.05, 0.1) is 10.4 Å². The number of esters is 1. The molecule has 2 heterocycles. The number of sulfonamides is 1. The number of hydrogen-bond donors (Lipinski definition) is 1. The molecule has 0 aliphatic carbocycles. The summed E-state index contributed by atoms with van der Waals surface area (Å²) in [5.74, 6) is -0.338. The molecule has 1 N–H and O–H groups in total. The molecule has 0 spiro atoms. The van der Waals surface area contributed by atoms with Crippen molar-refractivity contribution in [3.63, 3.8) is 0 Å². The van der Waals surface area contributed by atoms with Crippen molar-refractivity contribution >= 4 is 26.9 Å². The SMILES string of the molecule is Cc1c(C2(C)NS(=O)(=O)c3ccccc32)c2ccccc2n1CC(=O)OC(C)(C)C. The van der Waals surface area contributed by atoms with Crippen molar-refractivity contribution in [2.75, 3.05) is 0 Å². The standard InChI is InChI=1S/C23H26N2O4S/c1-15-21(23(5)17-11-7-9-13-19(17)30(27,28)24-23)16-10-6-8-12-18(16)25(15)14-20(26)29-22(2,3)4/h6-13,24H,14H2,1-5H3. The van der Waals surface area contributed by atoms with Crippen LogP contribution in [0.1, 0.15) is 44.5 Å². The summed E-state index contributed by atoms with van der Waals surface area (Å²) in [7, 11) is -3.64. The molecule has 158 valence electrons. The van der Waals surface area contributed by atoms with Crippen LogP contribution >= 0.6 is 0 Å². The van der Waals surface area contributed by atoms with Crippen molar-refractivity contribution < 1.29 is 17.9 Å². The van der Waals surface area contributed by atoms with Crippen LogP contribution in [0.2, 0.25) is 0 Å². The summed E-state index contributed by atoms with van der Waals surface area (Å²) >= 11 is 0. The maximum atomic E-state index is 12.8. The third-order valence-corrected chi connectivity index (χ3v) is 7.10. The minimum Gasteiger partial charge on any atom is -0.459 e. The monoisotopic (exact) mass is 426 g/mol. The zero-order valence-electron chi connectivity index (χ0n) is 17.8. The van der Waals surface area contributed by atoms with Gasteiger partial charge in [0.1, 0.15) is 12.1 Å². The fourth-order valence-electron chi connectivity index (χ4n) is 4.45. The van der Waals surface area contributed by atoms with Gasteiger partial charge in [0, 0.05) is 22.2 Å². The van der Waals surface area contributed by atoms with Crippen molar-refractivity contribution in [2.45, 2.75) is 57.2 Å². The summed E-state index contributed by atoms with van der Waals surface area (Å²) in [5, 5.41) is 0.903. The Bertz CT molecular complexity index is 1270. The van der Waals surface area contributed by atoms with E-state index in [4.69, 9.17) is 4.74 Å². The molecular weight excluding hydrogens is 400 g/mol. The normalized spacial score (nSPS) is 20.3. The van der Waals surface area contributed by atoms with Crippen molar-refractivity contribution in [1.82, 2.24) is 9.29 Å². The Morgan fingerprint density at radius 1 is 1.10 bits per heavy atom. The van der Waals surface area contributed by atoms with E-state index in [1.54, 1.807) is 12.1 Å². The van der Waals surface area contributed by atoms with Crippen LogP contribution in [0.3, 0.4) is 0 Å². The van der Waals surface area contributed by atoms with Crippen molar-refractivity contribution in [3.8, 4) is 0 Å². The van der Waals surface area contributed by atoms with E-state index in [1.165, 1.54) is 0 Å². The van der Waals surface area contributed by atoms with Crippen molar-refractivity contribution in [2.24, 2.45) is 0 Å². The predicted molar refractivity (Wildman–Crippen MR) is 116 cm³/mol. The lowest BCUT2D eigenvalue weighted by Crippen LogP contribution is -2.38. The van der Waals surface area contributed by atoms with E-state index in [0.29, 0.717) is 5.56 Å². The second-order valence-electron chi connectivity index (χ2n) is 8.88. The minimum atomic E-state index is -3.64. The number of hydrogen-bond acceptors (Lipinski definition) is 4. The van der Waals surface area contributed by atoms with E-state index in [9.17, 15) is 13.2 Å². The van der Waals surface area contributed by atoms with E-state index in [-0.39, 0.29) is 17.4 Å². The number of para-hydroxylation sites is 1. The third kappa shape index (κ3) is 3.22. The highest BCUT2D eigenvalue weighted by atomic mass is 32.2. The molecule has 0 amide bonds. The molecule has 1 unspecified atom stereocenters. The highest BCUT2D eigenvalue weighted by Crippen LogP contribution is 2.45. The third-order valence-electron chi connectivity index (χ3n) is 5.49. The average Bonchev–Trinajstić information content (AvgIpc) is 3.03. The molecule has 1 aliphatic rings. The van der Waals surface area contributed by atoms with Gasteiger partial charge in [0.2, 0.25) is 10.0 Å². The van der Waals surface area contributed by atoms with E-state index in [2.05, 4.69) is 4.72 Å². The first-order chi connectivity index (χ1) is 13.9. The number of ether oxygens (including phenoxy) is 1. The molecule has 30 heavy (non-hydrogen) atoms. The number of carbonyl (C=O) groups is 1. The van der Waals surface area contributed by atoms with Gasteiger partial charge in [-0.15, -0.1) is 0 Å². The Kier molecular flexibility index (Phi) is 4.60. The van der Waals surface area contributed by atoms with Crippen LogP contribution in [0.5, 0.6) is 0 Å². The first-order valence-electron chi connectivity index (χ1n) is 9.88. The quantitative estimate of drug-likeness (QED) is 0.646. The van der Waals surface area contributed by atoms with Crippen molar-refractivity contribution in [3.05, 3.63) is 65.4 Å². The van der Waals surface area contributed by atoms with Crippen LogP contribution in [-0.2, 0) is 31.6 Å². The summed E-state index contributed by atoms with van der Waals surface area (Å²) in [6.45, 7) is 9.35. The molecule has 0 saturated carbocycles. The molecule has 0 radical (unpaired) electrons. The number of carbonyl (C=O) groups excluding carboxylic acids is 1. The Hall–Kier alpha value is -2.64. The Morgan fingerprint density at radius 2 is 1.73 bits per heavy atom. The van der Waals surface area contributed by atoms with E-state index in [1.807, 2.05) is 75.6 Å². The molecule has 4 rings (SSSR count). The summed E-state index contributed by atoms with van der Waals surface area (Å²) < 4.78 is 36.0. The highest BCUT2D eigenvalue weighted by Gasteiger charge is 2.46. The lowest BCUT2D eigenvalue weighted by atomic mass is 9.84. The van der Waals surface area contributed by atoms with Gasteiger partial charge in [-0.05, 0) is 52.3 Å². The molecule has 1 atom stereocenters. The van der Waals surface area contributed by atoms with Gasteiger partial charge in [-0.3, -0.25) is 4.79 Å². The van der Waals surface area contributed by atoms with Crippen LogP contribution in [-0.4, -0.2) is 24.6 Å². The maximum Gasteiger partial charge on any atom is 0.326 e. The summed E-state index contributed by atoms with van der Waals surface area (Å²) in [5.41, 5.74) is 1.70. The van der Waals surface area contributed by atoms with Gasteiger partial charge < -0.3 is 9.30 Å². The Labute approximate surface area is 176 Å². The number of nitrogens with zero attached hydrogens (tertiary/aromatic N) is 1. The summed E-state index contributed by atoms with van der Waals surface area (Å²) in [6, 6.07) is 14.8. The molecule has 0 fully saturated rings. The summed E-state index contributed by atoms with van der Waals surface area (Å²) in [4.78, 5) is 12.9. The van der Waals surface area contributed by atoms with Crippen LogP contribution in [0.15, 0.2) is 53.4 Å².